The van der Waals surface area contributed by atoms with E-state index in [-0.39, 0.29) is 23.8 Å². The molecule has 1 aromatic carbocycles. The second-order valence-corrected chi connectivity index (χ2v) is 6.72. The number of ether oxygens (including phenoxy) is 1. The summed E-state index contributed by atoms with van der Waals surface area (Å²) >= 11 is 0. The van der Waals surface area contributed by atoms with E-state index >= 15 is 0 Å². The van der Waals surface area contributed by atoms with Crippen LogP contribution in [0, 0.1) is 6.92 Å². The van der Waals surface area contributed by atoms with Crippen LogP contribution in [0.5, 0.6) is 5.75 Å². The van der Waals surface area contributed by atoms with Crippen molar-refractivity contribution >= 4 is 25.4 Å². The number of benzene rings is 1. The number of fused-ring (bicyclic) bond motifs is 1. The maximum atomic E-state index is 12.6. The molecule has 0 aliphatic carbocycles. The van der Waals surface area contributed by atoms with Crippen LogP contribution in [0.25, 0.3) is 0 Å². The third-order valence-corrected chi connectivity index (χ3v) is 4.19. The van der Waals surface area contributed by atoms with Crippen molar-refractivity contribution in [1.82, 2.24) is 0 Å². The maximum absolute atomic E-state index is 12.6. The van der Waals surface area contributed by atoms with E-state index in [2.05, 4.69) is 0 Å². The van der Waals surface area contributed by atoms with Gasteiger partial charge in [0.2, 0.25) is 0 Å². The van der Waals surface area contributed by atoms with Crippen molar-refractivity contribution in [1.29, 1.82) is 0 Å². The highest BCUT2D eigenvalue weighted by molar-refractivity contribution is 8.13. The van der Waals surface area contributed by atoms with E-state index in [0.29, 0.717) is 11.3 Å². The monoisotopic (exact) mass is 311 g/mol. The third-order valence-electron chi connectivity index (χ3n) is 2.84. The van der Waals surface area contributed by atoms with Gasteiger partial charge in [-0.2, -0.15) is 0 Å². The van der Waals surface area contributed by atoms with E-state index in [1.165, 1.54) is 17.0 Å². The number of anilines is 1. The molecule has 2 rings (SSSR count). The molecule has 0 atom stereocenters. The summed E-state index contributed by atoms with van der Waals surface area (Å²) in [6.07, 6.45) is -2.51. The minimum Gasteiger partial charge on any atom is -0.488 e. The van der Waals surface area contributed by atoms with Crippen LogP contribution < -0.4 is 9.64 Å². The van der Waals surface area contributed by atoms with Crippen molar-refractivity contribution in [2.45, 2.75) is 18.2 Å². The molecule has 0 unspecified atom stereocenters. The largest absolute Gasteiger partial charge is 0.488 e. The molecule has 1 aliphatic rings. The van der Waals surface area contributed by atoms with E-state index < -0.39 is 22.0 Å². The van der Waals surface area contributed by atoms with Crippen LogP contribution in [0.2, 0.25) is 0 Å². The first-order chi connectivity index (χ1) is 8.80. The summed E-state index contributed by atoms with van der Waals surface area (Å²) in [6.45, 7) is 1.66. The van der Waals surface area contributed by atoms with Gasteiger partial charge >= 0.3 is 0 Å². The fraction of sp³-hybridized carbons (Fsp3) is 0.455. The van der Waals surface area contributed by atoms with E-state index in [9.17, 15) is 17.2 Å². The van der Waals surface area contributed by atoms with Gasteiger partial charge < -0.3 is 9.64 Å². The minimum atomic E-state index is -3.98. The topological polar surface area (TPSA) is 46.6 Å². The molecule has 0 spiro atoms. The lowest BCUT2D eigenvalue weighted by Crippen LogP contribution is -2.37. The van der Waals surface area contributed by atoms with Gasteiger partial charge in [0.25, 0.3) is 15.5 Å². The normalized spacial score (nSPS) is 15.3. The third kappa shape index (κ3) is 2.92. The summed E-state index contributed by atoms with van der Waals surface area (Å²) in [7, 11) is 1.35. The molecule has 1 aliphatic heterocycles. The summed E-state index contributed by atoms with van der Waals surface area (Å²) in [6, 6.07) is 2.85. The average Bonchev–Trinajstić information content (AvgIpc) is 2.26. The summed E-state index contributed by atoms with van der Waals surface area (Å²) in [5.74, 6) is 0.0573. The number of aryl methyl sites for hydroxylation is 1. The fourth-order valence-electron chi connectivity index (χ4n) is 2.09. The summed E-state index contributed by atoms with van der Waals surface area (Å²) in [4.78, 5) is 1.23. The first-order valence-electron chi connectivity index (χ1n) is 5.55. The molecule has 0 radical (unpaired) electrons. The molecule has 8 heteroatoms. The highest BCUT2D eigenvalue weighted by atomic mass is 35.7. The molecule has 1 heterocycles. The first kappa shape index (κ1) is 14.3. The Morgan fingerprint density at radius 2 is 2.16 bits per heavy atom. The lowest BCUT2D eigenvalue weighted by molar-refractivity contribution is 0.151. The fourth-order valence-corrected chi connectivity index (χ4v) is 3.07. The number of rotatable bonds is 3. The van der Waals surface area contributed by atoms with E-state index in [1.807, 2.05) is 0 Å². The SMILES string of the molecule is Cc1ccc(S(=O)(=O)Cl)c2c1N(CC(F)F)CCO2. The lowest BCUT2D eigenvalue weighted by Gasteiger charge is -2.33. The predicted octanol–water partition coefficient (Wildman–Crippen LogP) is 2.39. The molecule has 0 N–H and O–H groups in total. The molecule has 106 valence electrons. The van der Waals surface area contributed by atoms with Gasteiger partial charge in [0, 0.05) is 10.7 Å². The van der Waals surface area contributed by atoms with Crippen molar-refractivity contribution in [2.75, 3.05) is 24.6 Å². The van der Waals surface area contributed by atoms with Crippen molar-refractivity contribution in [3.63, 3.8) is 0 Å². The van der Waals surface area contributed by atoms with Gasteiger partial charge in [-0.05, 0) is 18.6 Å². The maximum Gasteiger partial charge on any atom is 0.265 e. The number of halogens is 3. The van der Waals surface area contributed by atoms with Crippen LogP contribution in [0.3, 0.4) is 0 Å². The van der Waals surface area contributed by atoms with Gasteiger partial charge in [-0.15, -0.1) is 0 Å². The number of hydrogen-bond acceptors (Lipinski definition) is 4. The smallest absolute Gasteiger partial charge is 0.265 e. The van der Waals surface area contributed by atoms with Gasteiger partial charge in [-0.1, -0.05) is 6.07 Å². The Kier molecular flexibility index (Phi) is 3.87. The van der Waals surface area contributed by atoms with Crippen LogP contribution >= 0.6 is 10.7 Å². The Morgan fingerprint density at radius 3 is 2.74 bits per heavy atom. The van der Waals surface area contributed by atoms with Gasteiger partial charge in [0.15, 0.2) is 5.75 Å². The molecule has 4 nitrogen and oxygen atoms in total. The van der Waals surface area contributed by atoms with Crippen molar-refractivity contribution in [2.24, 2.45) is 0 Å². The Bertz CT molecular complexity index is 592. The van der Waals surface area contributed by atoms with Crippen LogP contribution in [-0.2, 0) is 9.05 Å². The zero-order chi connectivity index (χ0) is 14.2. The quantitative estimate of drug-likeness (QED) is 0.804. The molecular formula is C11H12ClF2NO3S. The minimum absolute atomic E-state index is 0.0573. The molecule has 0 aromatic heterocycles. The van der Waals surface area contributed by atoms with Crippen molar-refractivity contribution in [3.8, 4) is 5.75 Å². The van der Waals surface area contributed by atoms with E-state index in [1.54, 1.807) is 6.92 Å². The number of hydrogen-bond donors (Lipinski definition) is 0. The highest BCUT2D eigenvalue weighted by Crippen LogP contribution is 2.41. The van der Waals surface area contributed by atoms with Gasteiger partial charge in [0.05, 0.1) is 18.8 Å². The van der Waals surface area contributed by atoms with E-state index in [4.69, 9.17) is 15.4 Å². The lowest BCUT2D eigenvalue weighted by atomic mass is 10.1. The zero-order valence-electron chi connectivity index (χ0n) is 10.1. The summed E-state index contributed by atoms with van der Waals surface area (Å²) in [5.41, 5.74) is 1.03. The number of alkyl halides is 2. The molecular weight excluding hydrogens is 300 g/mol. The Balaban J connectivity index is 2.57. The molecule has 0 saturated carbocycles. The standard InChI is InChI=1S/C11H12ClF2NO3S/c1-7-2-3-8(19(12,16)17)11-10(7)15(4-5-18-11)6-9(13)14/h2-3,9H,4-6H2,1H3. The predicted molar refractivity (Wildman–Crippen MR) is 67.9 cm³/mol. The molecule has 0 saturated heterocycles. The molecule has 0 amide bonds. The van der Waals surface area contributed by atoms with Crippen LogP contribution in [0.1, 0.15) is 5.56 Å². The average molecular weight is 312 g/mol. The Morgan fingerprint density at radius 1 is 1.47 bits per heavy atom. The molecule has 19 heavy (non-hydrogen) atoms. The highest BCUT2D eigenvalue weighted by Gasteiger charge is 2.29. The molecule has 0 bridgehead atoms. The van der Waals surface area contributed by atoms with Crippen molar-refractivity contribution in [3.05, 3.63) is 17.7 Å². The Labute approximate surface area is 114 Å². The summed E-state index contributed by atoms with van der Waals surface area (Å²) < 4.78 is 53.4. The second kappa shape index (κ2) is 5.13. The van der Waals surface area contributed by atoms with Gasteiger partial charge in [-0.25, -0.2) is 17.2 Å². The molecule has 0 fully saturated rings. The summed E-state index contributed by atoms with van der Waals surface area (Å²) in [5, 5.41) is 0. The van der Waals surface area contributed by atoms with Crippen molar-refractivity contribution < 1.29 is 21.9 Å². The Hall–Kier alpha value is -1.08. The van der Waals surface area contributed by atoms with E-state index in [0.717, 1.165) is 0 Å². The van der Waals surface area contributed by atoms with Gasteiger partial charge in [-0.3, -0.25) is 0 Å². The van der Waals surface area contributed by atoms with Gasteiger partial charge in [0.1, 0.15) is 11.5 Å². The van der Waals surface area contributed by atoms with Crippen LogP contribution in [-0.4, -0.2) is 34.5 Å². The zero-order valence-corrected chi connectivity index (χ0v) is 11.6. The first-order valence-corrected chi connectivity index (χ1v) is 7.86. The number of nitrogens with zero attached hydrogens (tertiary/aromatic N) is 1. The van der Waals surface area contributed by atoms with Crippen LogP contribution in [0.4, 0.5) is 14.5 Å². The second-order valence-electron chi connectivity index (χ2n) is 4.18. The molecule has 1 aromatic rings. The van der Waals surface area contributed by atoms with Crippen LogP contribution in [0.15, 0.2) is 17.0 Å².